The molecule has 7 nitrogen and oxygen atoms in total. The smallest absolute Gasteiger partial charge is 0.268 e. The number of benzene rings is 3. The highest BCUT2D eigenvalue weighted by molar-refractivity contribution is 7.80. The Hall–Kier alpha value is -4.53. The first kappa shape index (κ1) is 26.5. The van der Waals surface area contributed by atoms with Crippen LogP contribution in [0.4, 0.5) is 11.4 Å². The van der Waals surface area contributed by atoms with E-state index < -0.39 is 11.8 Å². The van der Waals surface area contributed by atoms with Gasteiger partial charge in [0.2, 0.25) is 0 Å². The standard InChI is InChI=1S/C29H24ClN5O2S/c30-23-14-12-21(13-15-23)27(36)34-26(17-20-7-6-16-31-18-20)28(37)32-19-22-8-4-5-11-25(22)35-29(38)33-24-9-2-1-3-10-24/h1-18H,19H2,(H,32,37)(H,34,36)(H2,33,35,38)/b26-17+. The van der Waals surface area contributed by atoms with Gasteiger partial charge >= 0.3 is 0 Å². The van der Waals surface area contributed by atoms with E-state index in [2.05, 4.69) is 26.3 Å². The number of hydrogen-bond acceptors (Lipinski definition) is 4. The summed E-state index contributed by atoms with van der Waals surface area (Å²) in [6, 6.07) is 27.0. The summed E-state index contributed by atoms with van der Waals surface area (Å²) >= 11 is 11.4. The molecule has 0 spiro atoms. The molecule has 9 heteroatoms. The number of hydrogen-bond donors (Lipinski definition) is 4. The molecular weight excluding hydrogens is 518 g/mol. The van der Waals surface area contributed by atoms with Gasteiger partial charge in [0.25, 0.3) is 11.8 Å². The van der Waals surface area contributed by atoms with Gasteiger partial charge in [0.15, 0.2) is 5.11 Å². The fourth-order valence-corrected chi connectivity index (χ4v) is 3.81. The number of nitrogens with zero attached hydrogens (tertiary/aromatic N) is 1. The number of nitrogens with one attached hydrogen (secondary N) is 4. The van der Waals surface area contributed by atoms with E-state index in [0.717, 1.165) is 16.9 Å². The monoisotopic (exact) mass is 541 g/mol. The highest BCUT2D eigenvalue weighted by Crippen LogP contribution is 2.17. The van der Waals surface area contributed by atoms with Gasteiger partial charge in [-0.05, 0) is 78.0 Å². The zero-order valence-corrected chi connectivity index (χ0v) is 21.7. The SMILES string of the molecule is O=C(NCc1ccccc1NC(=S)Nc1ccccc1)/C(=C\c1cccnc1)NC(=O)c1ccc(Cl)cc1. The molecule has 4 N–H and O–H groups in total. The largest absolute Gasteiger partial charge is 0.347 e. The van der Waals surface area contributed by atoms with E-state index in [1.807, 2.05) is 54.6 Å². The average molecular weight is 542 g/mol. The lowest BCUT2D eigenvalue weighted by molar-refractivity contribution is -0.117. The van der Waals surface area contributed by atoms with Crippen molar-refractivity contribution in [2.75, 3.05) is 10.6 Å². The summed E-state index contributed by atoms with van der Waals surface area (Å²) in [5.41, 5.74) is 3.51. The zero-order chi connectivity index (χ0) is 26.7. The Morgan fingerprint density at radius 1 is 0.868 bits per heavy atom. The molecule has 0 radical (unpaired) electrons. The second-order valence-electron chi connectivity index (χ2n) is 8.09. The van der Waals surface area contributed by atoms with E-state index in [4.69, 9.17) is 23.8 Å². The zero-order valence-electron chi connectivity index (χ0n) is 20.1. The quantitative estimate of drug-likeness (QED) is 0.170. The molecule has 3 aromatic carbocycles. The van der Waals surface area contributed by atoms with Gasteiger partial charge in [-0.3, -0.25) is 14.6 Å². The summed E-state index contributed by atoms with van der Waals surface area (Å²) in [5, 5.41) is 12.8. The topological polar surface area (TPSA) is 95.2 Å². The summed E-state index contributed by atoms with van der Waals surface area (Å²) in [7, 11) is 0. The van der Waals surface area contributed by atoms with Crippen molar-refractivity contribution in [3.8, 4) is 0 Å². The molecule has 0 saturated carbocycles. The van der Waals surface area contributed by atoms with Crippen molar-refractivity contribution >= 4 is 58.2 Å². The van der Waals surface area contributed by atoms with Crippen molar-refractivity contribution < 1.29 is 9.59 Å². The number of carbonyl (C=O) groups is 2. The van der Waals surface area contributed by atoms with Crippen LogP contribution in [0.5, 0.6) is 0 Å². The molecule has 0 unspecified atom stereocenters. The number of aromatic nitrogens is 1. The third-order valence-corrected chi connectivity index (χ3v) is 5.79. The molecule has 1 aromatic heterocycles. The molecule has 4 aromatic rings. The molecule has 38 heavy (non-hydrogen) atoms. The molecule has 0 aliphatic rings. The molecule has 0 fully saturated rings. The maximum absolute atomic E-state index is 13.2. The van der Waals surface area contributed by atoms with E-state index in [1.165, 1.54) is 0 Å². The van der Waals surface area contributed by atoms with Gasteiger partial charge in [-0.25, -0.2) is 0 Å². The van der Waals surface area contributed by atoms with Gasteiger partial charge in [-0.1, -0.05) is 54.1 Å². The van der Waals surface area contributed by atoms with Gasteiger partial charge in [-0.2, -0.15) is 0 Å². The lowest BCUT2D eigenvalue weighted by Crippen LogP contribution is -2.34. The van der Waals surface area contributed by atoms with Crippen LogP contribution in [0.2, 0.25) is 5.02 Å². The van der Waals surface area contributed by atoms with Gasteiger partial charge in [0.05, 0.1) is 0 Å². The van der Waals surface area contributed by atoms with Crippen LogP contribution >= 0.6 is 23.8 Å². The average Bonchev–Trinajstić information content (AvgIpc) is 2.93. The summed E-state index contributed by atoms with van der Waals surface area (Å²) < 4.78 is 0. The van der Waals surface area contributed by atoms with E-state index in [0.29, 0.717) is 21.3 Å². The molecule has 2 amide bonds. The minimum absolute atomic E-state index is 0.0738. The number of rotatable bonds is 8. The molecule has 0 saturated heterocycles. The van der Waals surface area contributed by atoms with Gasteiger partial charge in [-0.15, -0.1) is 0 Å². The minimum Gasteiger partial charge on any atom is -0.347 e. The van der Waals surface area contributed by atoms with Crippen LogP contribution < -0.4 is 21.3 Å². The number of anilines is 2. The Bertz CT molecular complexity index is 1450. The summed E-state index contributed by atoms with van der Waals surface area (Å²) in [6.07, 6.45) is 4.80. The van der Waals surface area contributed by atoms with Crippen molar-refractivity contribution in [1.82, 2.24) is 15.6 Å². The number of halogens is 1. The maximum atomic E-state index is 13.2. The first-order chi connectivity index (χ1) is 18.5. The van der Waals surface area contributed by atoms with E-state index >= 15 is 0 Å². The van der Waals surface area contributed by atoms with Gasteiger partial charge in [0.1, 0.15) is 5.70 Å². The Kier molecular flexibility index (Phi) is 9.17. The first-order valence-corrected chi connectivity index (χ1v) is 12.4. The lowest BCUT2D eigenvalue weighted by Gasteiger charge is -2.15. The molecule has 1 heterocycles. The van der Waals surface area contributed by atoms with E-state index in [1.54, 1.807) is 54.9 Å². The number of thiocarbonyl (C=S) groups is 1. The Morgan fingerprint density at radius 2 is 1.61 bits per heavy atom. The van der Waals surface area contributed by atoms with Gasteiger partial charge < -0.3 is 21.3 Å². The minimum atomic E-state index is -0.462. The third-order valence-electron chi connectivity index (χ3n) is 5.33. The molecule has 0 aliphatic heterocycles. The van der Waals surface area contributed by atoms with Crippen molar-refractivity contribution in [2.45, 2.75) is 6.54 Å². The first-order valence-electron chi connectivity index (χ1n) is 11.7. The Balaban J connectivity index is 1.47. The summed E-state index contributed by atoms with van der Waals surface area (Å²) in [6.45, 7) is 0.192. The molecular formula is C29H24ClN5O2S. The predicted octanol–water partition coefficient (Wildman–Crippen LogP) is 5.63. The predicted molar refractivity (Wildman–Crippen MR) is 156 cm³/mol. The molecule has 0 bridgehead atoms. The summed E-state index contributed by atoms with van der Waals surface area (Å²) in [4.78, 5) is 30.1. The summed E-state index contributed by atoms with van der Waals surface area (Å²) in [5.74, 6) is -0.901. The van der Waals surface area contributed by atoms with Crippen LogP contribution in [0.1, 0.15) is 21.5 Å². The Morgan fingerprint density at radius 3 is 2.34 bits per heavy atom. The highest BCUT2D eigenvalue weighted by Gasteiger charge is 2.15. The third kappa shape index (κ3) is 7.73. The maximum Gasteiger partial charge on any atom is 0.268 e. The van der Waals surface area contributed by atoms with Crippen molar-refractivity contribution in [3.63, 3.8) is 0 Å². The van der Waals surface area contributed by atoms with Crippen LogP contribution in [0.25, 0.3) is 6.08 Å². The van der Waals surface area contributed by atoms with Crippen LogP contribution in [-0.2, 0) is 11.3 Å². The number of para-hydroxylation sites is 2. The fourth-order valence-electron chi connectivity index (χ4n) is 3.46. The fraction of sp³-hybridized carbons (Fsp3) is 0.0345. The van der Waals surface area contributed by atoms with Crippen LogP contribution in [0, 0.1) is 0 Å². The highest BCUT2D eigenvalue weighted by atomic mass is 35.5. The molecule has 0 atom stereocenters. The van der Waals surface area contributed by atoms with Crippen LogP contribution in [0.3, 0.4) is 0 Å². The lowest BCUT2D eigenvalue weighted by atomic mass is 10.1. The van der Waals surface area contributed by atoms with E-state index in [-0.39, 0.29) is 12.2 Å². The number of amides is 2. The van der Waals surface area contributed by atoms with E-state index in [9.17, 15) is 9.59 Å². The normalized spacial score (nSPS) is 10.8. The van der Waals surface area contributed by atoms with Gasteiger partial charge in [0, 0.05) is 40.9 Å². The molecule has 190 valence electrons. The number of pyridine rings is 1. The van der Waals surface area contributed by atoms with Crippen LogP contribution in [0.15, 0.2) is 109 Å². The van der Waals surface area contributed by atoms with Crippen molar-refractivity contribution in [2.24, 2.45) is 0 Å². The second kappa shape index (κ2) is 13.1. The second-order valence-corrected chi connectivity index (χ2v) is 8.94. The van der Waals surface area contributed by atoms with Crippen molar-refractivity contribution in [3.05, 3.63) is 131 Å². The van der Waals surface area contributed by atoms with Crippen LogP contribution in [-0.4, -0.2) is 21.9 Å². The molecule has 0 aliphatic carbocycles. The number of carbonyl (C=O) groups excluding carboxylic acids is 2. The Labute approximate surface area is 231 Å². The molecule has 4 rings (SSSR count). The van der Waals surface area contributed by atoms with Crippen molar-refractivity contribution in [1.29, 1.82) is 0 Å².